The molecule has 0 aromatic rings. The van der Waals surface area contributed by atoms with Crippen LogP contribution in [0.5, 0.6) is 0 Å². The molecule has 0 aromatic heterocycles. The monoisotopic (exact) mass is 214 g/mol. The lowest BCUT2D eigenvalue weighted by atomic mass is 9.78. The summed E-state index contributed by atoms with van der Waals surface area (Å²) in [7, 11) is 0. The molecule has 2 heteroatoms. The van der Waals surface area contributed by atoms with Crippen molar-refractivity contribution in [2.45, 2.75) is 64.9 Å². The minimum absolute atomic E-state index is 0.0756. The maximum Gasteiger partial charge on any atom is 0.0625 e. The fourth-order valence-electron chi connectivity index (χ4n) is 2.51. The van der Waals surface area contributed by atoms with Gasteiger partial charge in [-0.25, -0.2) is 0 Å². The fourth-order valence-corrected chi connectivity index (χ4v) is 2.51. The van der Waals surface area contributed by atoms with Crippen molar-refractivity contribution in [3.05, 3.63) is 0 Å². The Balaban J connectivity index is 2.22. The SMILES string of the molecule is CCCCCCCC1(CO)CCOC1C. The Morgan fingerprint density at radius 1 is 1.27 bits per heavy atom. The number of unbranched alkanes of at least 4 members (excludes halogenated alkanes) is 4. The zero-order valence-corrected chi connectivity index (χ0v) is 10.3. The molecule has 1 N–H and O–H groups in total. The van der Waals surface area contributed by atoms with Gasteiger partial charge in [-0.15, -0.1) is 0 Å². The molecule has 0 saturated carbocycles. The van der Waals surface area contributed by atoms with Crippen LogP contribution in [0.1, 0.15) is 58.8 Å². The van der Waals surface area contributed by atoms with E-state index in [4.69, 9.17) is 4.74 Å². The number of ether oxygens (including phenoxy) is 1. The first kappa shape index (κ1) is 13.0. The van der Waals surface area contributed by atoms with Crippen molar-refractivity contribution in [1.82, 2.24) is 0 Å². The van der Waals surface area contributed by atoms with Gasteiger partial charge in [-0.3, -0.25) is 0 Å². The van der Waals surface area contributed by atoms with Crippen LogP contribution in [0.25, 0.3) is 0 Å². The third-order valence-corrected chi connectivity index (χ3v) is 3.92. The van der Waals surface area contributed by atoms with Crippen LogP contribution in [0.4, 0.5) is 0 Å². The minimum Gasteiger partial charge on any atom is -0.396 e. The van der Waals surface area contributed by atoms with E-state index in [2.05, 4.69) is 13.8 Å². The Hall–Kier alpha value is -0.0800. The van der Waals surface area contributed by atoms with Crippen molar-refractivity contribution >= 4 is 0 Å². The van der Waals surface area contributed by atoms with E-state index in [0.717, 1.165) is 19.4 Å². The Morgan fingerprint density at radius 3 is 2.53 bits per heavy atom. The van der Waals surface area contributed by atoms with Gasteiger partial charge in [0.15, 0.2) is 0 Å². The van der Waals surface area contributed by atoms with Crippen molar-refractivity contribution in [1.29, 1.82) is 0 Å². The average Bonchev–Trinajstić information content (AvgIpc) is 2.61. The first-order valence-electron chi connectivity index (χ1n) is 6.47. The Kier molecular flexibility index (Phi) is 5.62. The molecular weight excluding hydrogens is 188 g/mol. The van der Waals surface area contributed by atoms with Crippen molar-refractivity contribution in [3.63, 3.8) is 0 Å². The van der Waals surface area contributed by atoms with E-state index in [1.54, 1.807) is 0 Å². The molecule has 0 aliphatic carbocycles. The van der Waals surface area contributed by atoms with Crippen molar-refractivity contribution < 1.29 is 9.84 Å². The number of rotatable bonds is 7. The summed E-state index contributed by atoms with van der Waals surface area (Å²) in [6.45, 7) is 5.47. The Morgan fingerprint density at radius 2 is 2.00 bits per heavy atom. The highest BCUT2D eigenvalue weighted by atomic mass is 16.5. The zero-order chi connectivity index (χ0) is 11.1. The van der Waals surface area contributed by atoms with E-state index in [9.17, 15) is 5.11 Å². The summed E-state index contributed by atoms with van der Waals surface area (Å²) in [5, 5.41) is 9.51. The molecule has 0 radical (unpaired) electrons. The average molecular weight is 214 g/mol. The standard InChI is InChI=1S/C13H26O2/c1-3-4-5-6-7-8-13(11-14)9-10-15-12(13)2/h12,14H,3-11H2,1-2H3. The lowest BCUT2D eigenvalue weighted by molar-refractivity contribution is 0.0202. The van der Waals surface area contributed by atoms with Gasteiger partial charge in [-0.2, -0.15) is 0 Å². The molecule has 2 unspecified atom stereocenters. The summed E-state index contributed by atoms with van der Waals surface area (Å²) in [6, 6.07) is 0. The Labute approximate surface area is 94.0 Å². The summed E-state index contributed by atoms with van der Waals surface area (Å²) in [5.74, 6) is 0. The second-order valence-corrected chi connectivity index (χ2v) is 4.95. The molecule has 1 heterocycles. The molecule has 1 rings (SSSR count). The molecule has 0 spiro atoms. The molecule has 15 heavy (non-hydrogen) atoms. The van der Waals surface area contributed by atoms with Crippen molar-refractivity contribution in [2.24, 2.45) is 5.41 Å². The van der Waals surface area contributed by atoms with Gasteiger partial charge in [0, 0.05) is 12.0 Å². The highest BCUT2D eigenvalue weighted by Crippen LogP contribution is 2.39. The minimum atomic E-state index is 0.0756. The zero-order valence-electron chi connectivity index (χ0n) is 10.3. The second-order valence-electron chi connectivity index (χ2n) is 4.95. The molecule has 0 aromatic carbocycles. The highest BCUT2D eigenvalue weighted by Gasteiger charge is 2.40. The van der Waals surface area contributed by atoms with Crippen LogP contribution < -0.4 is 0 Å². The second kappa shape index (κ2) is 6.49. The van der Waals surface area contributed by atoms with Gasteiger partial charge in [0.25, 0.3) is 0 Å². The number of hydrogen-bond acceptors (Lipinski definition) is 2. The highest BCUT2D eigenvalue weighted by molar-refractivity contribution is 4.88. The smallest absolute Gasteiger partial charge is 0.0625 e. The maximum atomic E-state index is 9.51. The third kappa shape index (κ3) is 3.46. The summed E-state index contributed by atoms with van der Waals surface area (Å²) in [6.07, 6.45) is 8.95. The van der Waals surface area contributed by atoms with Crippen LogP contribution in [0, 0.1) is 5.41 Å². The van der Waals surface area contributed by atoms with Crippen LogP contribution in [-0.4, -0.2) is 24.4 Å². The molecule has 1 aliphatic heterocycles. The van der Waals surface area contributed by atoms with E-state index in [1.807, 2.05) is 0 Å². The molecule has 2 nitrogen and oxygen atoms in total. The summed E-state index contributed by atoms with van der Waals surface area (Å²) < 4.78 is 5.58. The first-order valence-corrected chi connectivity index (χ1v) is 6.47. The van der Waals surface area contributed by atoms with Gasteiger partial charge in [0.1, 0.15) is 0 Å². The topological polar surface area (TPSA) is 29.5 Å². The van der Waals surface area contributed by atoms with Gasteiger partial charge in [0.2, 0.25) is 0 Å². The largest absolute Gasteiger partial charge is 0.396 e. The van der Waals surface area contributed by atoms with E-state index in [1.165, 1.54) is 32.1 Å². The predicted octanol–water partition coefficient (Wildman–Crippen LogP) is 3.13. The van der Waals surface area contributed by atoms with Gasteiger partial charge < -0.3 is 9.84 Å². The van der Waals surface area contributed by atoms with Crippen molar-refractivity contribution in [2.75, 3.05) is 13.2 Å². The predicted molar refractivity (Wildman–Crippen MR) is 62.9 cm³/mol. The molecule has 2 atom stereocenters. The molecule has 0 amide bonds. The van der Waals surface area contributed by atoms with Gasteiger partial charge in [0.05, 0.1) is 12.7 Å². The van der Waals surface area contributed by atoms with E-state index >= 15 is 0 Å². The number of hydrogen-bond donors (Lipinski definition) is 1. The van der Waals surface area contributed by atoms with Crippen LogP contribution in [-0.2, 0) is 4.74 Å². The van der Waals surface area contributed by atoms with E-state index in [0.29, 0.717) is 6.61 Å². The lowest BCUT2D eigenvalue weighted by Crippen LogP contribution is -2.32. The quantitative estimate of drug-likeness (QED) is 0.660. The van der Waals surface area contributed by atoms with Crippen LogP contribution in [0.15, 0.2) is 0 Å². The van der Waals surface area contributed by atoms with Crippen LogP contribution in [0.3, 0.4) is 0 Å². The number of aliphatic hydroxyl groups excluding tert-OH is 1. The van der Waals surface area contributed by atoms with Crippen LogP contribution >= 0.6 is 0 Å². The van der Waals surface area contributed by atoms with E-state index in [-0.39, 0.29) is 11.5 Å². The first-order chi connectivity index (χ1) is 7.25. The summed E-state index contributed by atoms with van der Waals surface area (Å²) in [5.41, 5.74) is 0.0756. The van der Waals surface area contributed by atoms with E-state index < -0.39 is 0 Å². The molecule has 1 aliphatic rings. The van der Waals surface area contributed by atoms with Crippen molar-refractivity contribution in [3.8, 4) is 0 Å². The molecule has 1 fully saturated rings. The molecule has 0 bridgehead atoms. The molecule has 90 valence electrons. The van der Waals surface area contributed by atoms with Gasteiger partial charge in [-0.1, -0.05) is 39.0 Å². The summed E-state index contributed by atoms with van der Waals surface area (Å²) >= 11 is 0. The maximum absolute atomic E-state index is 9.51. The lowest BCUT2D eigenvalue weighted by Gasteiger charge is -2.30. The normalized spacial score (nSPS) is 31.0. The summed E-state index contributed by atoms with van der Waals surface area (Å²) in [4.78, 5) is 0. The number of aliphatic hydroxyl groups is 1. The van der Waals surface area contributed by atoms with Gasteiger partial charge in [-0.05, 0) is 19.8 Å². The molecular formula is C13H26O2. The Bertz CT molecular complexity index is 170. The van der Waals surface area contributed by atoms with Gasteiger partial charge >= 0.3 is 0 Å². The third-order valence-electron chi connectivity index (χ3n) is 3.92. The molecule has 1 saturated heterocycles. The van der Waals surface area contributed by atoms with Crippen LogP contribution in [0.2, 0.25) is 0 Å². The fraction of sp³-hybridized carbons (Fsp3) is 1.00.